The first-order valence-electron chi connectivity index (χ1n) is 3.68. The zero-order valence-electron chi connectivity index (χ0n) is 6.40. The molecule has 0 unspecified atom stereocenters. The lowest BCUT2D eigenvalue weighted by Gasteiger charge is -2.17. The second-order valence-corrected chi connectivity index (χ2v) is 6.17. The molecule has 0 amide bonds. The van der Waals surface area contributed by atoms with Crippen molar-refractivity contribution in [2.24, 2.45) is 0 Å². The van der Waals surface area contributed by atoms with Gasteiger partial charge in [-0.05, 0) is 17.9 Å². The minimum absolute atomic E-state index is 0.480. The van der Waals surface area contributed by atoms with Crippen LogP contribution in [0.25, 0.3) is 0 Å². The van der Waals surface area contributed by atoms with Crippen LogP contribution >= 0.6 is 34.9 Å². The second kappa shape index (κ2) is 3.85. The van der Waals surface area contributed by atoms with Gasteiger partial charge >= 0.3 is 0 Å². The summed E-state index contributed by atoms with van der Waals surface area (Å²) in [6, 6.07) is 0. The second-order valence-electron chi connectivity index (χ2n) is 2.41. The van der Waals surface area contributed by atoms with E-state index in [9.17, 15) is 0 Å². The van der Waals surface area contributed by atoms with Gasteiger partial charge in [0.25, 0.3) is 0 Å². The van der Waals surface area contributed by atoms with Gasteiger partial charge in [-0.15, -0.1) is 33.7 Å². The largest absolute Gasteiger partial charge is 0.374 e. The molecule has 1 aromatic rings. The average molecular weight is 219 g/mol. The molecule has 1 saturated heterocycles. The van der Waals surface area contributed by atoms with Crippen LogP contribution < -0.4 is 5.73 Å². The van der Waals surface area contributed by atoms with Crippen molar-refractivity contribution in [3.05, 3.63) is 5.01 Å². The molecule has 0 aromatic carbocycles. The van der Waals surface area contributed by atoms with Crippen LogP contribution in [-0.4, -0.2) is 21.7 Å². The lowest BCUT2D eigenvalue weighted by molar-refractivity contribution is 1.03. The third kappa shape index (κ3) is 1.86. The summed E-state index contributed by atoms with van der Waals surface area (Å²) in [7, 11) is 0. The van der Waals surface area contributed by atoms with E-state index in [0.29, 0.717) is 9.71 Å². The number of hydrogen-bond acceptors (Lipinski definition) is 6. The molecule has 3 nitrogen and oxygen atoms in total. The van der Waals surface area contributed by atoms with Crippen LogP contribution in [0.4, 0.5) is 5.13 Å². The van der Waals surface area contributed by atoms with Gasteiger partial charge < -0.3 is 5.73 Å². The van der Waals surface area contributed by atoms with E-state index >= 15 is 0 Å². The SMILES string of the molecule is Nc1nnc(C2SCCCS2)s1. The van der Waals surface area contributed by atoms with Crippen LogP contribution in [0.1, 0.15) is 16.0 Å². The predicted octanol–water partition coefficient (Wildman–Crippen LogP) is 1.99. The van der Waals surface area contributed by atoms with E-state index in [-0.39, 0.29) is 0 Å². The Labute approximate surface area is 83.5 Å². The Morgan fingerprint density at radius 1 is 1.25 bits per heavy atom. The average Bonchev–Trinajstić information content (AvgIpc) is 2.54. The normalized spacial score (nSPS) is 19.7. The lowest BCUT2D eigenvalue weighted by atomic mass is 10.6. The standard InChI is InChI=1S/C6H9N3S3/c7-6-9-8-4(12-6)5-10-2-1-3-11-5/h5H,1-3H2,(H2,7,9). The monoisotopic (exact) mass is 219 g/mol. The molecule has 1 aliphatic heterocycles. The van der Waals surface area contributed by atoms with Gasteiger partial charge in [0.05, 0.1) is 0 Å². The molecule has 1 aliphatic rings. The summed E-state index contributed by atoms with van der Waals surface area (Å²) in [6.45, 7) is 0. The van der Waals surface area contributed by atoms with Crippen molar-refractivity contribution < 1.29 is 0 Å². The number of nitrogen functional groups attached to an aromatic ring is 1. The fraction of sp³-hybridized carbons (Fsp3) is 0.667. The van der Waals surface area contributed by atoms with E-state index in [2.05, 4.69) is 10.2 Å². The van der Waals surface area contributed by atoms with E-state index in [4.69, 9.17) is 5.73 Å². The molecular weight excluding hydrogens is 210 g/mol. The van der Waals surface area contributed by atoms with Crippen LogP contribution in [0.3, 0.4) is 0 Å². The molecule has 1 fully saturated rings. The molecular formula is C6H9N3S3. The van der Waals surface area contributed by atoms with Gasteiger partial charge in [-0.1, -0.05) is 11.3 Å². The maximum Gasteiger partial charge on any atom is 0.203 e. The summed E-state index contributed by atoms with van der Waals surface area (Å²) < 4.78 is 0.480. The Hall–Kier alpha value is 0.0600. The van der Waals surface area contributed by atoms with Gasteiger partial charge in [-0.25, -0.2) is 0 Å². The number of nitrogens with two attached hydrogens (primary N) is 1. The Bertz CT molecular complexity index is 256. The number of nitrogens with zero attached hydrogens (tertiary/aromatic N) is 2. The van der Waals surface area contributed by atoms with Gasteiger partial charge in [-0.3, -0.25) is 0 Å². The molecule has 0 bridgehead atoms. The smallest absolute Gasteiger partial charge is 0.203 e. The number of hydrogen-bond donors (Lipinski definition) is 1. The molecule has 66 valence electrons. The Morgan fingerprint density at radius 2 is 2.00 bits per heavy atom. The van der Waals surface area contributed by atoms with Crippen LogP contribution in [0.2, 0.25) is 0 Å². The summed E-state index contributed by atoms with van der Waals surface area (Å²) >= 11 is 5.40. The molecule has 6 heteroatoms. The van der Waals surface area contributed by atoms with E-state index < -0.39 is 0 Å². The molecule has 2 N–H and O–H groups in total. The highest BCUT2D eigenvalue weighted by molar-refractivity contribution is 8.17. The van der Waals surface area contributed by atoms with Crippen molar-refractivity contribution in [1.29, 1.82) is 0 Å². The van der Waals surface area contributed by atoms with Crippen LogP contribution in [0.15, 0.2) is 0 Å². The van der Waals surface area contributed by atoms with Gasteiger partial charge in [0.2, 0.25) is 5.13 Å². The van der Waals surface area contributed by atoms with E-state index in [1.165, 1.54) is 29.3 Å². The number of thioether (sulfide) groups is 2. The van der Waals surface area contributed by atoms with E-state index in [1.54, 1.807) is 0 Å². The van der Waals surface area contributed by atoms with Gasteiger partial charge in [0.1, 0.15) is 9.59 Å². The van der Waals surface area contributed by atoms with Gasteiger partial charge in [0, 0.05) is 0 Å². The van der Waals surface area contributed by atoms with E-state index in [0.717, 1.165) is 5.01 Å². The maximum absolute atomic E-state index is 5.51. The molecule has 2 heterocycles. The Morgan fingerprint density at radius 3 is 2.58 bits per heavy atom. The molecule has 0 spiro atoms. The first-order valence-corrected chi connectivity index (χ1v) is 6.60. The van der Waals surface area contributed by atoms with Crippen molar-refractivity contribution in [2.45, 2.75) is 11.0 Å². The minimum atomic E-state index is 0.480. The lowest BCUT2D eigenvalue weighted by Crippen LogP contribution is -1.99. The fourth-order valence-corrected chi connectivity index (χ4v) is 4.72. The van der Waals surface area contributed by atoms with Crippen LogP contribution in [-0.2, 0) is 0 Å². The van der Waals surface area contributed by atoms with Gasteiger partial charge in [-0.2, -0.15) is 0 Å². The molecule has 1 aromatic heterocycles. The van der Waals surface area contributed by atoms with Crippen molar-refractivity contribution in [3.8, 4) is 0 Å². The number of rotatable bonds is 1. The summed E-state index contributed by atoms with van der Waals surface area (Å²) in [5, 5.41) is 9.50. The molecule has 0 radical (unpaired) electrons. The first kappa shape index (κ1) is 8.65. The Balaban J connectivity index is 2.08. The van der Waals surface area contributed by atoms with Gasteiger partial charge in [0.15, 0.2) is 0 Å². The molecule has 0 atom stereocenters. The van der Waals surface area contributed by atoms with Crippen LogP contribution in [0, 0.1) is 0 Å². The van der Waals surface area contributed by atoms with Crippen molar-refractivity contribution in [3.63, 3.8) is 0 Å². The highest BCUT2D eigenvalue weighted by Gasteiger charge is 2.19. The first-order chi connectivity index (χ1) is 5.86. The highest BCUT2D eigenvalue weighted by Crippen LogP contribution is 2.44. The maximum atomic E-state index is 5.51. The van der Waals surface area contributed by atoms with Crippen LogP contribution in [0.5, 0.6) is 0 Å². The molecule has 0 aliphatic carbocycles. The zero-order valence-corrected chi connectivity index (χ0v) is 8.84. The number of anilines is 1. The quantitative estimate of drug-likeness (QED) is 0.783. The van der Waals surface area contributed by atoms with Crippen molar-refractivity contribution in [1.82, 2.24) is 10.2 Å². The Kier molecular flexibility index (Phi) is 2.77. The zero-order chi connectivity index (χ0) is 8.39. The fourth-order valence-electron chi connectivity index (χ4n) is 0.972. The molecule has 0 saturated carbocycles. The van der Waals surface area contributed by atoms with E-state index in [1.807, 2.05) is 23.5 Å². The predicted molar refractivity (Wildman–Crippen MR) is 56.6 cm³/mol. The third-order valence-corrected chi connectivity index (χ3v) is 5.52. The summed E-state index contributed by atoms with van der Waals surface area (Å²) in [4.78, 5) is 0. The molecule has 2 rings (SSSR count). The number of aromatic nitrogens is 2. The topological polar surface area (TPSA) is 51.8 Å². The van der Waals surface area contributed by atoms with Crippen molar-refractivity contribution >= 4 is 40.0 Å². The molecule has 12 heavy (non-hydrogen) atoms. The summed E-state index contributed by atoms with van der Waals surface area (Å²) in [5.74, 6) is 2.47. The van der Waals surface area contributed by atoms with Crippen molar-refractivity contribution in [2.75, 3.05) is 17.2 Å². The minimum Gasteiger partial charge on any atom is -0.374 e. The summed E-state index contributed by atoms with van der Waals surface area (Å²) in [6.07, 6.45) is 1.31. The summed E-state index contributed by atoms with van der Waals surface area (Å²) in [5.41, 5.74) is 5.51. The highest BCUT2D eigenvalue weighted by atomic mass is 32.2. The third-order valence-electron chi connectivity index (χ3n) is 1.49.